The molecule has 1 atom stereocenters. The summed E-state index contributed by atoms with van der Waals surface area (Å²) < 4.78 is 5.71. The lowest BCUT2D eigenvalue weighted by atomic mass is 10.2. The molecule has 2 amide bonds. The van der Waals surface area contributed by atoms with Crippen molar-refractivity contribution >= 4 is 23.5 Å². The van der Waals surface area contributed by atoms with Crippen molar-refractivity contribution in [3.8, 4) is 0 Å². The molecule has 0 radical (unpaired) electrons. The van der Waals surface area contributed by atoms with Crippen molar-refractivity contribution in [2.24, 2.45) is 0 Å². The summed E-state index contributed by atoms with van der Waals surface area (Å²) in [6.07, 6.45) is 5.92. The van der Waals surface area contributed by atoms with Gasteiger partial charge in [-0.2, -0.15) is 0 Å². The Hall–Kier alpha value is -2.05. The van der Waals surface area contributed by atoms with Gasteiger partial charge in [0.2, 0.25) is 0 Å². The number of rotatable bonds is 6. The largest absolute Gasteiger partial charge is 0.376 e. The van der Waals surface area contributed by atoms with E-state index in [1.807, 2.05) is 48.7 Å². The summed E-state index contributed by atoms with van der Waals surface area (Å²) in [5, 5.41) is 3.00. The van der Waals surface area contributed by atoms with Crippen LogP contribution in [0, 0.1) is 0 Å². The molecule has 1 aromatic carbocycles. The third kappa shape index (κ3) is 5.21. The average molecular weight is 357 g/mol. The second kappa shape index (κ2) is 8.87. The molecular formula is C19H23N3O2S. The Morgan fingerprint density at radius 2 is 2.28 bits per heavy atom. The van der Waals surface area contributed by atoms with Gasteiger partial charge in [-0.05, 0) is 49.4 Å². The van der Waals surface area contributed by atoms with Crippen LogP contribution in [0.1, 0.15) is 18.5 Å². The molecule has 0 saturated carbocycles. The molecular weight excluding hydrogens is 334 g/mol. The van der Waals surface area contributed by atoms with E-state index in [4.69, 9.17) is 4.74 Å². The summed E-state index contributed by atoms with van der Waals surface area (Å²) in [4.78, 5) is 20.1. The molecule has 5 nitrogen and oxygen atoms in total. The standard InChI is InChI=1S/C19H23N3O2S/c1-25-18-9-4-7-15(12-18)21-19(23)22(14-17-8-5-11-24-17)13-16-6-2-3-10-20-16/h2-4,6-7,9-10,12,17H,5,8,11,13-14H2,1H3,(H,21,23)/t17-/m0/s1. The summed E-state index contributed by atoms with van der Waals surface area (Å²) in [6, 6.07) is 13.5. The van der Waals surface area contributed by atoms with Crippen molar-refractivity contribution in [3.05, 3.63) is 54.4 Å². The first-order valence-corrected chi connectivity index (χ1v) is 9.68. The molecule has 1 N–H and O–H groups in total. The Morgan fingerprint density at radius 1 is 1.36 bits per heavy atom. The number of aromatic nitrogens is 1. The molecule has 1 aliphatic heterocycles. The minimum atomic E-state index is -0.126. The van der Waals surface area contributed by atoms with Crippen LogP contribution in [0.15, 0.2) is 53.6 Å². The maximum absolute atomic E-state index is 12.8. The fourth-order valence-corrected chi connectivity index (χ4v) is 3.30. The zero-order valence-corrected chi connectivity index (χ0v) is 15.2. The highest BCUT2D eigenvalue weighted by atomic mass is 32.2. The summed E-state index contributed by atoms with van der Waals surface area (Å²) in [5.74, 6) is 0. The highest BCUT2D eigenvalue weighted by Gasteiger charge is 2.23. The lowest BCUT2D eigenvalue weighted by molar-refractivity contribution is 0.0816. The minimum absolute atomic E-state index is 0.104. The van der Waals surface area contributed by atoms with E-state index >= 15 is 0 Å². The molecule has 0 bridgehead atoms. The van der Waals surface area contributed by atoms with Crippen molar-refractivity contribution in [2.75, 3.05) is 24.7 Å². The number of nitrogens with zero attached hydrogens (tertiary/aromatic N) is 2. The SMILES string of the molecule is CSc1cccc(NC(=O)N(Cc2ccccn2)C[C@@H]2CCCO2)c1. The Labute approximate surface area is 152 Å². The van der Waals surface area contributed by atoms with Gasteiger partial charge in [0.1, 0.15) is 0 Å². The van der Waals surface area contributed by atoms with E-state index in [0.29, 0.717) is 13.1 Å². The Balaban J connectivity index is 1.70. The van der Waals surface area contributed by atoms with Crippen molar-refractivity contribution < 1.29 is 9.53 Å². The number of benzene rings is 1. The number of amides is 2. The molecule has 0 spiro atoms. The molecule has 132 valence electrons. The van der Waals surface area contributed by atoms with Crippen LogP contribution in [0.3, 0.4) is 0 Å². The molecule has 0 aliphatic carbocycles. The van der Waals surface area contributed by atoms with Gasteiger partial charge in [-0.25, -0.2) is 4.79 Å². The molecule has 1 aliphatic rings. The molecule has 0 unspecified atom stereocenters. The third-order valence-electron chi connectivity index (χ3n) is 4.14. The predicted molar refractivity (Wildman–Crippen MR) is 101 cm³/mol. The maximum Gasteiger partial charge on any atom is 0.322 e. The van der Waals surface area contributed by atoms with Crippen molar-refractivity contribution in [2.45, 2.75) is 30.4 Å². The van der Waals surface area contributed by atoms with Gasteiger partial charge in [0.15, 0.2) is 0 Å². The van der Waals surface area contributed by atoms with Crippen LogP contribution in [0.2, 0.25) is 0 Å². The van der Waals surface area contributed by atoms with Gasteiger partial charge in [-0.1, -0.05) is 12.1 Å². The highest BCUT2D eigenvalue weighted by Crippen LogP contribution is 2.20. The molecule has 1 aromatic heterocycles. The van der Waals surface area contributed by atoms with Gasteiger partial charge < -0.3 is 15.0 Å². The molecule has 3 rings (SSSR count). The van der Waals surface area contributed by atoms with Crippen molar-refractivity contribution in [1.82, 2.24) is 9.88 Å². The third-order valence-corrected chi connectivity index (χ3v) is 4.86. The first-order chi connectivity index (χ1) is 12.2. The van der Waals surface area contributed by atoms with E-state index < -0.39 is 0 Å². The van der Waals surface area contributed by atoms with Crippen molar-refractivity contribution in [1.29, 1.82) is 0 Å². The second-order valence-electron chi connectivity index (χ2n) is 6.00. The fourth-order valence-electron chi connectivity index (χ4n) is 2.84. The molecule has 1 fully saturated rings. The van der Waals surface area contributed by atoms with Crippen LogP contribution in [0.4, 0.5) is 10.5 Å². The van der Waals surface area contributed by atoms with Crippen LogP contribution >= 0.6 is 11.8 Å². The Morgan fingerprint density at radius 3 is 3.00 bits per heavy atom. The van der Waals surface area contributed by atoms with Crippen LogP contribution in [0.25, 0.3) is 0 Å². The number of urea groups is 1. The molecule has 2 aromatic rings. The number of ether oxygens (including phenoxy) is 1. The quantitative estimate of drug-likeness (QED) is 0.794. The lowest BCUT2D eigenvalue weighted by Crippen LogP contribution is -2.39. The van der Waals surface area contributed by atoms with E-state index in [1.165, 1.54) is 0 Å². The molecule has 6 heteroatoms. The van der Waals surface area contributed by atoms with Gasteiger partial charge >= 0.3 is 6.03 Å². The van der Waals surface area contributed by atoms with Crippen LogP contribution in [0.5, 0.6) is 0 Å². The van der Waals surface area contributed by atoms with Crippen LogP contribution in [-0.4, -0.2) is 41.4 Å². The molecule has 2 heterocycles. The normalized spacial score (nSPS) is 16.6. The van der Waals surface area contributed by atoms with Gasteiger partial charge in [0.25, 0.3) is 0 Å². The van der Waals surface area contributed by atoms with Crippen LogP contribution < -0.4 is 5.32 Å². The first kappa shape index (κ1) is 17.8. The van der Waals surface area contributed by atoms with Crippen molar-refractivity contribution in [3.63, 3.8) is 0 Å². The topological polar surface area (TPSA) is 54.5 Å². The van der Waals surface area contributed by atoms with Gasteiger partial charge in [-0.15, -0.1) is 11.8 Å². The number of nitrogens with one attached hydrogen (secondary N) is 1. The zero-order chi connectivity index (χ0) is 17.5. The Kier molecular flexibility index (Phi) is 6.30. The number of carbonyl (C=O) groups is 1. The fraction of sp³-hybridized carbons (Fsp3) is 0.368. The summed E-state index contributed by atoms with van der Waals surface area (Å²) in [7, 11) is 0. The van der Waals surface area contributed by atoms with E-state index in [2.05, 4.69) is 10.3 Å². The van der Waals surface area contributed by atoms with E-state index in [1.54, 1.807) is 22.9 Å². The minimum Gasteiger partial charge on any atom is -0.376 e. The summed E-state index contributed by atoms with van der Waals surface area (Å²) in [6.45, 7) is 1.82. The lowest BCUT2D eigenvalue weighted by Gasteiger charge is -2.25. The van der Waals surface area contributed by atoms with E-state index in [9.17, 15) is 4.79 Å². The highest BCUT2D eigenvalue weighted by molar-refractivity contribution is 7.98. The van der Waals surface area contributed by atoms with E-state index in [0.717, 1.165) is 35.7 Å². The smallest absolute Gasteiger partial charge is 0.322 e. The number of hydrogen-bond donors (Lipinski definition) is 1. The summed E-state index contributed by atoms with van der Waals surface area (Å²) >= 11 is 1.65. The average Bonchev–Trinajstić information content (AvgIpc) is 3.15. The van der Waals surface area contributed by atoms with Gasteiger partial charge in [0, 0.05) is 29.9 Å². The molecule has 1 saturated heterocycles. The number of carbonyl (C=O) groups excluding carboxylic acids is 1. The van der Waals surface area contributed by atoms with Gasteiger partial charge in [0.05, 0.1) is 18.3 Å². The van der Waals surface area contributed by atoms with Gasteiger partial charge in [-0.3, -0.25) is 4.98 Å². The van der Waals surface area contributed by atoms with E-state index in [-0.39, 0.29) is 12.1 Å². The number of thioether (sulfide) groups is 1. The monoisotopic (exact) mass is 357 g/mol. The summed E-state index contributed by atoms with van der Waals surface area (Å²) in [5.41, 5.74) is 1.67. The first-order valence-electron chi connectivity index (χ1n) is 8.46. The number of pyridine rings is 1. The number of anilines is 1. The zero-order valence-electron chi connectivity index (χ0n) is 14.4. The number of hydrogen-bond acceptors (Lipinski definition) is 4. The molecule has 25 heavy (non-hydrogen) atoms. The second-order valence-corrected chi connectivity index (χ2v) is 6.88. The Bertz CT molecular complexity index is 690. The predicted octanol–water partition coefficient (Wildman–Crippen LogP) is 4.02. The maximum atomic E-state index is 12.8. The van der Waals surface area contributed by atoms with Crippen LogP contribution in [-0.2, 0) is 11.3 Å².